The molecule has 2 nitrogen and oxygen atoms in total. The Morgan fingerprint density at radius 1 is 1.37 bits per heavy atom. The van der Waals surface area contributed by atoms with Gasteiger partial charge < -0.3 is 9.84 Å². The molecule has 0 aliphatic heterocycles. The van der Waals surface area contributed by atoms with Crippen molar-refractivity contribution in [2.45, 2.75) is 44.8 Å². The van der Waals surface area contributed by atoms with E-state index in [1.165, 1.54) is 12.1 Å². The first-order valence-corrected chi connectivity index (χ1v) is 6.82. The van der Waals surface area contributed by atoms with E-state index in [2.05, 4.69) is 0 Å². The first-order chi connectivity index (χ1) is 9.08. The third-order valence-corrected chi connectivity index (χ3v) is 3.67. The van der Waals surface area contributed by atoms with Crippen LogP contribution in [-0.4, -0.2) is 23.9 Å². The minimum atomic E-state index is -0.589. The molecular formula is C15H20F2O2. The van der Waals surface area contributed by atoms with Crippen LogP contribution in [0.15, 0.2) is 18.2 Å². The molecule has 19 heavy (non-hydrogen) atoms. The fourth-order valence-corrected chi connectivity index (χ4v) is 2.65. The van der Waals surface area contributed by atoms with Crippen molar-refractivity contribution in [2.75, 3.05) is 6.61 Å². The quantitative estimate of drug-likeness (QED) is 0.860. The topological polar surface area (TPSA) is 29.5 Å². The lowest BCUT2D eigenvalue weighted by Crippen LogP contribution is -2.34. The van der Waals surface area contributed by atoms with Crippen molar-refractivity contribution in [1.82, 2.24) is 0 Å². The van der Waals surface area contributed by atoms with Crippen molar-refractivity contribution in [3.63, 3.8) is 0 Å². The van der Waals surface area contributed by atoms with E-state index in [0.717, 1.165) is 25.5 Å². The van der Waals surface area contributed by atoms with Gasteiger partial charge >= 0.3 is 0 Å². The molecule has 1 N–H and O–H groups in total. The zero-order chi connectivity index (χ0) is 13.8. The summed E-state index contributed by atoms with van der Waals surface area (Å²) in [7, 11) is 0. The predicted octanol–water partition coefficient (Wildman–Crippen LogP) is 3.07. The number of halogens is 2. The summed E-state index contributed by atoms with van der Waals surface area (Å²) < 4.78 is 31.7. The lowest BCUT2D eigenvalue weighted by molar-refractivity contribution is -0.0376. The minimum absolute atomic E-state index is 0.238. The summed E-state index contributed by atoms with van der Waals surface area (Å²) in [6, 6.07) is 3.48. The van der Waals surface area contributed by atoms with Gasteiger partial charge in [-0.3, -0.25) is 0 Å². The fourth-order valence-electron chi connectivity index (χ4n) is 2.65. The normalized spacial score (nSPS) is 24.0. The Hall–Kier alpha value is -1.00. The first-order valence-electron chi connectivity index (χ1n) is 6.82. The highest BCUT2D eigenvalue weighted by Crippen LogP contribution is 2.34. The zero-order valence-corrected chi connectivity index (χ0v) is 11.1. The highest BCUT2D eigenvalue weighted by Gasteiger charge is 2.31. The van der Waals surface area contributed by atoms with Crippen LogP contribution in [0.2, 0.25) is 0 Å². The average molecular weight is 270 g/mol. The second-order valence-electron chi connectivity index (χ2n) is 5.24. The number of aliphatic hydroxyl groups is 1. The van der Waals surface area contributed by atoms with E-state index < -0.39 is 17.7 Å². The highest BCUT2D eigenvalue weighted by molar-refractivity contribution is 5.19. The lowest BCUT2D eigenvalue weighted by Gasteiger charge is -2.36. The van der Waals surface area contributed by atoms with Gasteiger partial charge in [0.05, 0.1) is 12.2 Å². The number of ether oxygens (including phenoxy) is 1. The molecule has 0 heterocycles. The second-order valence-corrected chi connectivity index (χ2v) is 5.24. The van der Waals surface area contributed by atoms with E-state index in [0.29, 0.717) is 24.0 Å². The van der Waals surface area contributed by atoms with Crippen molar-refractivity contribution in [1.29, 1.82) is 0 Å². The highest BCUT2D eigenvalue weighted by atomic mass is 19.1. The molecule has 1 aliphatic carbocycles. The Labute approximate surface area is 112 Å². The molecule has 1 unspecified atom stereocenters. The molecule has 0 amide bonds. The Morgan fingerprint density at radius 2 is 2.11 bits per heavy atom. The molecule has 0 spiro atoms. The van der Waals surface area contributed by atoms with Gasteiger partial charge in [0, 0.05) is 19.1 Å². The number of benzene rings is 1. The molecule has 1 atom stereocenters. The molecule has 2 rings (SSSR count). The number of hydrogen-bond acceptors (Lipinski definition) is 2. The maximum atomic E-state index is 13.4. The molecule has 0 saturated heterocycles. The largest absolute Gasteiger partial charge is 0.393 e. The number of rotatable bonds is 6. The molecular weight excluding hydrogens is 250 g/mol. The zero-order valence-electron chi connectivity index (χ0n) is 11.1. The van der Waals surface area contributed by atoms with E-state index in [9.17, 15) is 13.9 Å². The van der Waals surface area contributed by atoms with E-state index in [1.54, 1.807) is 0 Å². The maximum Gasteiger partial charge on any atom is 0.129 e. The van der Waals surface area contributed by atoms with Crippen LogP contribution in [0.5, 0.6) is 0 Å². The summed E-state index contributed by atoms with van der Waals surface area (Å²) in [5.74, 6) is -0.718. The van der Waals surface area contributed by atoms with Gasteiger partial charge in [0.1, 0.15) is 11.6 Å². The van der Waals surface area contributed by atoms with Gasteiger partial charge in [0.2, 0.25) is 0 Å². The summed E-state index contributed by atoms with van der Waals surface area (Å²) in [5.41, 5.74) is 0.370. The Morgan fingerprint density at radius 3 is 2.74 bits per heavy atom. The molecule has 0 aromatic heterocycles. The van der Waals surface area contributed by atoms with Gasteiger partial charge in [-0.1, -0.05) is 6.07 Å². The second kappa shape index (κ2) is 6.44. The van der Waals surface area contributed by atoms with Crippen LogP contribution in [0.3, 0.4) is 0 Å². The Balaban J connectivity index is 1.77. The molecule has 1 aromatic rings. The third kappa shape index (κ3) is 3.98. The molecule has 4 heteroatoms. The molecule has 0 bridgehead atoms. The number of hydrogen-bond donors (Lipinski definition) is 1. The van der Waals surface area contributed by atoms with E-state index in [4.69, 9.17) is 4.74 Å². The molecule has 106 valence electrons. The Kier molecular flexibility index (Phi) is 4.88. The van der Waals surface area contributed by atoms with Crippen LogP contribution >= 0.6 is 0 Å². The third-order valence-electron chi connectivity index (χ3n) is 3.67. The van der Waals surface area contributed by atoms with Gasteiger partial charge in [-0.2, -0.15) is 0 Å². The minimum Gasteiger partial charge on any atom is -0.393 e. The van der Waals surface area contributed by atoms with Gasteiger partial charge in [0.15, 0.2) is 0 Å². The SMILES string of the molecule is CCOC1CC(CC(O)Cc2ccc(F)cc2F)C1. The van der Waals surface area contributed by atoms with Crippen LogP contribution in [0.4, 0.5) is 8.78 Å². The summed E-state index contributed by atoms with van der Waals surface area (Å²) in [4.78, 5) is 0. The smallest absolute Gasteiger partial charge is 0.129 e. The average Bonchev–Trinajstić information content (AvgIpc) is 2.30. The molecule has 0 radical (unpaired) electrons. The van der Waals surface area contributed by atoms with Crippen molar-refractivity contribution >= 4 is 0 Å². The monoisotopic (exact) mass is 270 g/mol. The summed E-state index contributed by atoms with van der Waals surface area (Å²) >= 11 is 0. The van der Waals surface area contributed by atoms with Crippen molar-refractivity contribution < 1.29 is 18.6 Å². The molecule has 1 aromatic carbocycles. The van der Waals surface area contributed by atoms with E-state index in [1.807, 2.05) is 6.92 Å². The van der Waals surface area contributed by atoms with Gasteiger partial charge in [-0.05, 0) is 43.7 Å². The maximum absolute atomic E-state index is 13.4. The molecule has 1 fully saturated rings. The van der Waals surface area contributed by atoms with Crippen molar-refractivity contribution in [3.05, 3.63) is 35.4 Å². The summed E-state index contributed by atoms with van der Waals surface area (Å²) in [6.07, 6.45) is 2.58. The van der Waals surface area contributed by atoms with Gasteiger partial charge in [-0.15, -0.1) is 0 Å². The first kappa shape index (κ1) is 14.4. The van der Waals surface area contributed by atoms with E-state index >= 15 is 0 Å². The van der Waals surface area contributed by atoms with Crippen molar-refractivity contribution in [2.24, 2.45) is 5.92 Å². The lowest BCUT2D eigenvalue weighted by atomic mass is 9.78. The summed E-state index contributed by atoms with van der Waals surface area (Å²) in [5, 5.41) is 9.95. The van der Waals surface area contributed by atoms with Crippen LogP contribution in [0.1, 0.15) is 31.7 Å². The predicted molar refractivity (Wildman–Crippen MR) is 68.8 cm³/mol. The molecule has 1 saturated carbocycles. The van der Waals surface area contributed by atoms with E-state index in [-0.39, 0.29) is 6.42 Å². The Bertz CT molecular complexity index is 417. The van der Waals surface area contributed by atoms with Crippen LogP contribution < -0.4 is 0 Å². The van der Waals surface area contributed by atoms with Crippen LogP contribution in [0.25, 0.3) is 0 Å². The van der Waals surface area contributed by atoms with Crippen LogP contribution in [-0.2, 0) is 11.2 Å². The van der Waals surface area contributed by atoms with Gasteiger partial charge in [0.25, 0.3) is 0 Å². The summed E-state index contributed by atoms with van der Waals surface area (Å²) in [6.45, 7) is 2.69. The fraction of sp³-hybridized carbons (Fsp3) is 0.600. The number of aliphatic hydroxyl groups excluding tert-OH is 1. The standard InChI is InChI=1S/C15H20F2O2/c1-2-19-14-6-10(7-14)5-13(18)8-11-3-4-12(16)9-15(11)17/h3-4,9-10,13-14,18H,2,5-8H2,1H3. The molecule has 1 aliphatic rings. The van der Waals surface area contributed by atoms with Gasteiger partial charge in [-0.25, -0.2) is 8.78 Å². The van der Waals surface area contributed by atoms with Crippen molar-refractivity contribution in [3.8, 4) is 0 Å². The van der Waals surface area contributed by atoms with Crippen LogP contribution in [0, 0.1) is 17.6 Å².